The van der Waals surface area contributed by atoms with Crippen LogP contribution in [-0.2, 0) is 44.1 Å². The van der Waals surface area contributed by atoms with Gasteiger partial charge in [-0.2, -0.15) is 5.69 Å². The van der Waals surface area contributed by atoms with Gasteiger partial charge < -0.3 is 9.79 Å². The van der Waals surface area contributed by atoms with Crippen LogP contribution in [-0.4, -0.2) is 0 Å². The predicted octanol–water partition coefficient (Wildman–Crippen LogP) is 12.8. The summed E-state index contributed by atoms with van der Waals surface area (Å²) in [6.45, 7) is 4.57. The van der Waals surface area contributed by atoms with Crippen molar-refractivity contribution in [3.8, 4) is 0 Å². The van der Waals surface area contributed by atoms with Gasteiger partial charge in [-0.25, -0.2) is 0 Å². The molecule has 0 aliphatic rings. The maximum atomic E-state index is 11.9. The zero-order valence-electron chi connectivity index (χ0n) is 29.2. The van der Waals surface area contributed by atoms with E-state index in [0.717, 1.165) is 35.5 Å². The van der Waals surface area contributed by atoms with Crippen molar-refractivity contribution >= 4 is 28.9 Å². The third-order valence-corrected chi connectivity index (χ3v) is 11.7. The minimum Gasteiger partial charge on any atom is -0.824 e. The predicted molar refractivity (Wildman–Crippen MR) is 195 cm³/mol. The molecule has 1 aromatic carbocycles. The zero-order chi connectivity index (χ0) is 31.3. The number of hydrogen-bond donors (Lipinski definition) is 0. The Balaban J connectivity index is 0.0000185. The van der Waals surface area contributed by atoms with Crippen molar-refractivity contribution in [2.24, 2.45) is 0 Å². The van der Waals surface area contributed by atoms with Crippen molar-refractivity contribution in [2.45, 2.75) is 211 Å². The number of rotatable bonds is 32. The van der Waals surface area contributed by atoms with Crippen LogP contribution in [0, 0.1) is 0 Å². The van der Waals surface area contributed by atoms with Gasteiger partial charge in [-0.15, -0.1) is 23.2 Å². The van der Waals surface area contributed by atoms with Crippen molar-refractivity contribution in [2.75, 3.05) is 0 Å². The van der Waals surface area contributed by atoms with Crippen LogP contribution in [0.4, 0.5) is 0 Å². The number of unbranched alkanes of at least 4 members (excludes halogenated alkanes) is 26. The Morgan fingerprint density at radius 3 is 1.16 bits per heavy atom. The molecule has 252 valence electrons. The fraction of sp³-hybridized carbons (Fsp3) is 0.842. The Hall–Kier alpha value is 0.763. The Bertz CT molecular complexity index is 801. The molecule has 0 N–H and O–H groups in total. The molecule has 1 aromatic rings. The summed E-state index contributed by atoms with van der Waals surface area (Å²) in [5.74, 6) is 0. The molecule has 0 radical (unpaired) electrons. The maximum absolute atomic E-state index is 11.9. The van der Waals surface area contributed by atoms with Crippen LogP contribution in [0.15, 0.2) is 23.1 Å². The molecule has 6 heteroatoms. The summed E-state index contributed by atoms with van der Waals surface area (Å²) in [6, 6.07) is 6.42. The van der Waals surface area contributed by atoms with Gasteiger partial charge in [0.1, 0.15) is 0 Å². The molecule has 0 saturated heterocycles. The van der Waals surface area contributed by atoms with Crippen LogP contribution in [0.2, 0.25) is 0 Å². The van der Waals surface area contributed by atoms with Gasteiger partial charge in [0.05, 0.1) is 0 Å². The topological polar surface area (TPSA) is 46.1 Å². The van der Waals surface area contributed by atoms with Crippen molar-refractivity contribution in [3.05, 3.63) is 29.3 Å². The monoisotopic (exact) mass is 716 g/mol. The van der Waals surface area contributed by atoms with E-state index in [4.69, 9.17) is 11.8 Å². The molecule has 0 bridgehead atoms. The summed E-state index contributed by atoms with van der Waals surface area (Å²) in [7, 11) is 0. The fourth-order valence-electron chi connectivity index (χ4n) is 6.23. The standard InChI is InChI=1S/C38H71O2PS2.Zn/c1-3-5-7-9-11-13-15-17-19-21-23-25-27-29-31-36-33-34-38(43-41(39,40)42)37(35-36)32-30-28-26-24-22-20-18-16-14-12-10-8-6-4-2;/h33-35H,3-32H2,1-2H3,(H2,39,40,42);/q;+2/p-2. The average Bonchev–Trinajstić information content (AvgIpc) is 2.98. The first-order valence-electron chi connectivity index (χ1n) is 18.8. The summed E-state index contributed by atoms with van der Waals surface area (Å²) < 4.78 is 0. The molecule has 0 atom stereocenters. The first-order chi connectivity index (χ1) is 21.0. The van der Waals surface area contributed by atoms with E-state index in [1.165, 1.54) is 184 Å². The van der Waals surface area contributed by atoms with E-state index in [9.17, 15) is 9.79 Å². The van der Waals surface area contributed by atoms with Crippen LogP contribution >= 0.6 is 17.1 Å². The number of hydrogen-bond acceptors (Lipinski definition) is 4. The largest absolute Gasteiger partial charge is 2.00 e. The van der Waals surface area contributed by atoms with Gasteiger partial charge in [-0.05, 0) is 42.9 Å². The Morgan fingerprint density at radius 1 is 0.500 bits per heavy atom. The van der Waals surface area contributed by atoms with Crippen LogP contribution in [0.25, 0.3) is 0 Å². The van der Waals surface area contributed by atoms with E-state index in [2.05, 4.69) is 26.0 Å². The number of aryl methyl sites for hydroxylation is 2. The van der Waals surface area contributed by atoms with Crippen LogP contribution in [0.3, 0.4) is 0 Å². The summed E-state index contributed by atoms with van der Waals surface area (Å²) in [6.07, 6.45) is 40.4. The minimum absolute atomic E-state index is 0. The SMILES string of the molecule is CCCCCCCCCCCCCCCCc1ccc(SP([O-])([O-])=S)c(CCCCCCCCCCCCCCCC)c1.[Zn+2]. The second-order valence-electron chi connectivity index (χ2n) is 13.2. The third kappa shape index (κ3) is 28.9. The van der Waals surface area contributed by atoms with E-state index < -0.39 is 5.69 Å². The van der Waals surface area contributed by atoms with E-state index >= 15 is 0 Å². The van der Waals surface area contributed by atoms with E-state index in [1.807, 2.05) is 6.07 Å². The number of benzene rings is 1. The quantitative estimate of drug-likeness (QED) is 0.0423. The van der Waals surface area contributed by atoms with Gasteiger partial charge in [-0.3, -0.25) is 0 Å². The molecule has 0 aliphatic heterocycles. The van der Waals surface area contributed by atoms with Gasteiger partial charge >= 0.3 is 19.5 Å². The molecule has 2 nitrogen and oxygen atoms in total. The molecular weight excluding hydrogens is 649 g/mol. The van der Waals surface area contributed by atoms with Crippen molar-refractivity contribution in [1.82, 2.24) is 0 Å². The summed E-state index contributed by atoms with van der Waals surface area (Å²) >= 11 is 5.62. The first-order valence-corrected chi connectivity index (χ1v) is 22.9. The minimum atomic E-state index is -3.81. The van der Waals surface area contributed by atoms with Crippen LogP contribution in [0.1, 0.15) is 205 Å². The maximum Gasteiger partial charge on any atom is 2.00 e. The van der Waals surface area contributed by atoms with Crippen LogP contribution < -0.4 is 9.79 Å². The zero-order valence-corrected chi connectivity index (χ0v) is 34.7. The molecule has 0 aliphatic carbocycles. The van der Waals surface area contributed by atoms with E-state index in [1.54, 1.807) is 0 Å². The Morgan fingerprint density at radius 2 is 0.818 bits per heavy atom. The van der Waals surface area contributed by atoms with Crippen molar-refractivity contribution in [3.63, 3.8) is 0 Å². The van der Waals surface area contributed by atoms with Crippen LogP contribution in [0.5, 0.6) is 0 Å². The molecule has 0 aromatic heterocycles. The fourth-order valence-corrected chi connectivity index (χ4v) is 8.85. The summed E-state index contributed by atoms with van der Waals surface area (Å²) in [5.41, 5.74) is -1.26. The summed E-state index contributed by atoms with van der Waals surface area (Å²) in [4.78, 5) is 24.6. The molecule has 0 amide bonds. The molecular formula is C38H69O2PS2Zn. The molecule has 44 heavy (non-hydrogen) atoms. The van der Waals surface area contributed by atoms with Gasteiger partial charge in [0.2, 0.25) is 0 Å². The summed E-state index contributed by atoms with van der Waals surface area (Å²) in [5, 5.41) is 0. The molecule has 0 heterocycles. The van der Waals surface area contributed by atoms with E-state index in [0.29, 0.717) is 0 Å². The third-order valence-electron chi connectivity index (χ3n) is 8.95. The first kappa shape index (κ1) is 44.8. The second kappa shape index (κ2) is 32.3. The molecule has 0 fully saturated rings. The van der Waals surface area contributed by atoms with Crippen molar-refractivity contribution < 1.29 is 29.3 Å². The van der Waals surface area contributed by atoms with Gasteiger partial charge in [0.15, 0.2) is 0 Å². The molecule has 0 unspecified atom stereocenters. The van der Waals surface area contributed by atoms with Gasteiger partial charge in [-0.1, -0.05) is 193 Å². The molecule has 1 rings (SSSR count). The normalized spacial score (nSPS) is 11.6. The van der Waals surface area contributed by atoms with Crippen molar-refractivity contribution in [1.29, 1.82) is 0 Å². The van der Waals surface area contributed by atoms with Gasteiger partial charge in [0, 0.05) is 4.90 Å². The second-order valence-corrected chi connectivity index (χ2v) is 18.8. The molecule has 0 spiro atoms. The Labute approximate surface area is 297 Å². The van der Waals surface area contributed by atoms with Gasteiger partial charge in [0.25, 0.3) is 0 Å². The average molecular weight is 718 g/mol. The molecule has 0 saturated carbocycles. The Kier molecular flexibility index (Phi) is 32.9. The van der Waals surface area contributed by atoms with E-state index in [-0.39, 0.29) is 19.5 Å². The smallest absolute Gasteiger partial charge is 0.824 e.